The predicted molar refractivity (Wildman–Crippen MR) is 96.7 cm³/mol. The number of halogens is 1. The molecule has 3 rings (SSSR count). The number of thioether (sulfide) groups is 1. The normalized spacial score (nSPS) is 16.7. The van der Waals surface area contributed by atoms with Crippen LogP contribution in [0.15, 0.2) is 48.5 Å². The molecule has 1 aliphatic heterocycles. The Morgan fingerprint density at radius 2 is 1.96 bits per heavy atom. The van der Waals surface area contributed by atoms with E-state index in [1.54, 1.807) is 31.2 Å². The van der Waals surface area contributed by atoms with Gasteiger partial charge in [-0.3, -0.25) is 9.59 Å². The Hall–Kier alpha value is -2.87. The van der Waals surface area contributed by atoms with E-state index in [0.29, 0.717) is 16.9 Å². The number of carbonyl (C=O) groups excluding carboxylic acids is 3. The maximum Gasteiger partial charge on any atom is 0.338 e. The van der Waals surface area contributed by atoms with Crippen LogP contribution in [0.5, 0.6) is 0 Å². The van der Waals surface area contributed by atoms with E-state index in [-0.39, 0.29) is 6.61 Å². The molecule has 26 heavy (non-hydrogen) atoms. The summed E-state index contributed by atoms with van der Waals surface area (Å²) in [5.74, 6) is -1.38. The largest absolute Gasteiger partial charge is 0.462 e. The summed E-state index contributed by atoms with van der Waals surface area (Å²) in [5.41, 5.74) is 1.16. The number of esters is 1. The first kappa shape index (κ1) is 17.9. The molecule has 2 aromatic carbocycles. The number of hydrogen-bond acceptors (Lipinski definition) is 6. The molecule has 0 bridgehead atoms. The first-order chi connectivity index (χ1) is 12.5. The third kappa shape index (κ3) is 3.70. The molecule has 8 heteroatoms. The minimum Gasteiger partial charge on any atom is -0.462 e. The molecule has 134 valence electrons. The molecule has 1 heterocycles. The van der Waals surface area contributed by atoms with E-state index in [1.165, 1.54) is 24.3 Å². The van der Waals surface area contributed by atoms with E-state index >= 15 is 0 Å². The van der Waals surface area contributed by atoms with Crippen molar-refractivity contribution in [3.05, 3.63) is 59.9 Å². The summed E-state index contributed by atoms with van der Waals surface area (Å²) in [6.07, 6.45) is 0. The molecule has 0 saturated carbocycles. The van der Waals surface area contributed by atoms with Crippen LogP contribution >= 0.6 is 11.8 Å². The van der Waals surface area contributed by atoms with Gasteiger partial charge in [-0.15, -0.1) is 0 Å². The van der Waals surface area contributed by atoms with Crippen molar-refractivity contribution in [2.24, 2.45) is 0 Å². The fourth-order valence-electron chi connectivity index (χ4n) is 2.43. The van der Waals surface area contributed by atoms with E-state index in [1.807, 2.05) is 0 Å². The third-order valence-electron chi connectivity index (χ3n) is 3.60. The highest BCUT2D eigenvalue weighted by atomic mass is 32.2. The number of benzene rings is 2. The van der Waals surface area contributed by atoms with Gasteiger partial charge in [-0.1, -0.05) is 6.07 Å². The Kier molecular flexibility index (Phi) is 5.22. The van der Waals surface area contributed by atoms with Crippen molar-refractivity contribution in [1.29, 1.82) is 0 Å². The van der Waals surface area contributed by atoms with Crippen LogP contribution in [0.3, 0.4) is 0 Å². The highest BCUT2D eigenvalue weighted by Gasteiger charge is 2.40. The van der Waals surface area contributed by atoms with Crippen molar-refractivity contribution in [1.82, 2.24) is 0 Å². The summed E-state index contributed by atoms with van der Waals surface area (Å²) in [6.45, 7) is 1.97. The number of carbonyl (C=O) groups is 3. The van der Waals surface area contributed by atoms with Gasteiger partial charge in [0.15, 0.2) is 5.37 Å². The molecule has 1 aliphatic rings. The van der Waals surface area contributed by atoms with Gasteiger partial charge in [-0.05, 0) is 61.2 Å². The average Bonchev–Trinajstić information content (AvgIpc) is 2.90. The predicted octanol–water partition coefficient (Wildman–Crippen LogP) is 3.64. The van der Waals surface area contributed by atoms with Gasteiger partial charge < -0.3 is 10.1 Å². The van der Waals surface area contributed by atoms with Crippen molar-refractivity contribution in [2.45, 2.75) is 12.3 Å². The SMILES string of the molecule is CCOC(=O)c1cccc(N[C@H]2SC(=O)N(c3ccc(F)cc3)C2=O)c1. The lowest BCUT2D eigenvalue weighted by atomic mass is 10.2. The van der Waals surface area contributed by atoms with Crippen LogP contribution in [-0.2, 0) is 9.53 Å². The minimum absolute atomic E-state index is 0.259. The zero-order chi connectivity index (χ0) is 18.7. The quantitative estimate of drug-likeness (QED) is 0.806. The maximum absolute atomic E-state index is 13.0. The Labute approximate surface area is 153 Å². The summed E-state index contributed by atoms with van der Waals surface area (Å²) < 4.78 is 18.0. The number of anilines is 2. The Balaban J connectivity index is 1.76. The lowest BCUT2D eigenvalue weighted by Gasteiger charge is -2.15. The smallest absolute Gasteiger partial charge is 0.338 e. The second kappa shape index (κ2) is 7.57. The van der Waals surface area contributed by atoms with Crippen LogP contribution in [0.1, 0.15) is 17.3 Å². The number of amides is 2. The van der Waals surface area contributed by atoms with Crippen LogP contribution in [0.25, 0.3) is 0 Å². The van der Waals surface area contributed by atoms with Gasteiger partial charge in [0.1, 0.15) is 5.82 Å². The molecule has 2 amide bonds. The number of imide groups is 1. The van der Waals surface area contributed by atoms with Crippen LogP contribution in [-0.4, -0.2) is 29.1 Å². The van der Waals surface area contributed by atoms with Crippen molar-refractivity contribution in [3.8, 4) is 0 Å². The first-order valence-electron chi connectivity index (χ1n) is 7.83. The molecule has 1 fully saturated rings. The topological polar surface area (TPSA) is 75.7 Å². The molecule has 6 nitrogen and oxygen atoms in total. The molecule has 1 atom stereocenters. The van der Waals surface area contributed by atoms with Crippen molar-refractivity contribution >= 4 is 40.3 Å². The van der Waals surface area contributed by atoms with Gasteiger partial charge >= 0.3 is 5.97 Å². The summed E-state index contributed by atoms with van der Waals surface area (Å²) in [6, 6.07) is 11.6. The molecular formula is C18H15FN2O4S. The molecule has 1 N–H and O–H groups in total. The minimum atomic E-state index is -0.843. The van der Waals surface area contributed by atoms with E-state index in [2.05, 4.69) is 5.32 Å². The van der Waals surface area contributed by atoms with Gasteiger partial charge in [-0.25, -0.2) is 14.1 Å². The molecule has 0 spiro atoms. The standard InChI is InChI=1S/C18H15FN2O4S/c1-2-25-17(23)11-4-3-5-13(10-11)20-15-16(22)21(18(24)26-15)14-8-6-12(19)7-9-14/h3-10,15,20H,2H2,1H3/t15-/m0/s1. The van der Waals surface area contributed by atoms with Crippen LogP contribution in [0.4, 0.5) is 20.6 Å². The molecule has 0 aliphatic carbocycles. The summed E-state index contributed by atoms with van der Waals surface area (Å²) in [4.78, 5) is 37.6. The lowest BCUT2D eigenvalue weighted by Crippen LogP contribution is -2.34. The fourth-order valence-corrected chi connectivity index (χ4v) is 3.33. The van der Waals surface area contributed by atoms with E-state index in [9.17, 15) is 18.8 Å². The van der Waals surface area contributed by atoms with Crippen LogP contribution < -0.4 is 10.2 Å². The van der Waals surface area contributed by atoms with Gasteiger partial charge in [0.2, 0.25) is 0 Å². The van der Waals surface area contributed by atoms with E-state index in [4.69, 9.17) is 4.74 Å². The highest BCUT2D eigenvalue weighted by Crippen LogP contribution is 2.32. The summed E-state index contributed by atoms with van der Waals surface area (Å²) in [7, 11) is 0. The monoisotopic (exact) mass is 374 g/mol. The second-order valence-corrected chi connectivity index (χ2v) is 6.42. The Morgan fingerprint density at radius 3 is 2.65 bits per heavy atom. The van der Waals surface area contributed by atoms with Gasteiger partial charge in [0.05, 0.1) is 17.9 Å². The van der Waals surface area contributed by atoms with E-state index in [0.717, 1.165) is 16.7 Å². The first-order valence-corrected chi connectivity index (χ1v) is 8.71. The van der Waals surface area contributed by atoms with Crippen molar-refractivity contribution < 1.29 is 23.5 Å². The Morgan fingerprint density at radius 1 is 1.23 bits per heavy atom. The molecular weight excluding hydrogens is 359 g/mol. The summed E-state index contributed by atoms with van der Waals surface area (Å²) >= 11 is 0.817. The number of rotatable bonds is 5. The summed E-state index contributed by atoms with van der Waals surface area (Å²) in [5, 5.41) is 1.64. The Bertz CT molecular complexity index is 857. The second-order valence-electron chi connectivity index (χ2n) is 5.36. The fraction of sp³-hybridized carbons (Fsp3) is 0.167. The zero-order valence-electron chi connectivity index (χ0n) is 13.8. The molecule has 2 aromatic rings. The van der Waals surface area contributed by atoms with Crippen LogP contribution in [0.2, 0.25) is 0 Å². The molecule has 0 radical (unpaired) electrons. The van der Waals surface area contributed by atoms with Crippen molar-refractivity contribution in [3.63, 3.8) is 0 Å². The van der Waals surface area contributed by atoms with Gasteiger partial charge in [0.25, 0.3) is 11.1 Å². The number of ether oxygens (including phenoxy) is 1. The lowest BCUT2D eigenvalue weighted by molar-refractivity contribution is -0.116. The van der Waals surface area contributed by atoms with E-state index < -0.39 is 28.3 Å². The molecule has 0 unspecified atom stereocenters. The van der Waals surface area contributed by atoms with Crippen LogP contribution in [0, 0.1) is 5.82 Å². The number of nitrogens with zero attached hydrogens (tertiary/aromatic N) is 1. The zero-order valence-corrected chi connectivity index (χ0v) is 14.6. The average molecular weight is 374 g/mol. The molecule has 0 aromatic heterocycles. The maximum atomic E-state index is 13.0. The highest BCUT2D eigenvalue weighted by molar-refractivity contribution is 8.16. The van der Waals surface area contributed by atoms with Gasteiger partial charge in [0, 0.05) is 5.69 Å². The molecule has 1 saturated heterocycles. The van der Waals surface area contributed by atoms with Gasteiger partial charge in [-0.2, -0.15) is 0 Å². The van der Waals surface area contributed by atoms with Crippen molar-refractivity contribution in [2.75, 3.05) is 16.8 Å². The third-order valence-corrected chi connectivity index (χ3v) is 4.54. The number of hydrogen-bond donors (Lipinski definition) is 1. The number of nitrogens with one attached hydrogen (secondary N) is 1.